The van der Waals surface area contributed by atoms with Crippen molar-refractivity contribution in [2.24, 2.45) is 0 Å². The van der Waals surface area contributed by atoms with Gasteiger partial charge in [-0.15, -0.1) is 0 Å². The topological polar surface area (TPSA) is 78.6 Å². The summed E-state index contributed by atoms with van der Waals surface area (Å²) >= 11 is 3.44. The first-order valence-electron chi connectivity index (χ1n) is 7.46. The van der Waals surface area contributed by atoms with Crippen LogP contribution < -0.4 is 4.90 Å². The van der Waals surface area contributed by atoms with E-state index in [1.54, 1.807) is 0 Å². The van der Waals surface area contributed by atoms with Gasteiger partial charge in [-0.05, 0) is 48.6 Å². The van der Waals surface area contributed by atoms with Gasteiger partial charge in [-0.3, -0.25) is 0 Å². The summed E-state index contributed by atoms with van der Waals surface area (Å²) in [6.45, 7) is 5.62. The molecule has 24 heavy (non-hydrogen) atoms. The number of phenols is 1. The molecule has 2 N–H and O–H groups in total. The lowest BCUT2D eigenvalue weighted by Crippen LogP contribution is -2.21. The maximum Gasteiger partial charge on any atom is 0.341 e. The molecule has 1 aromatic carbocycles. The highest BCUT2D eigenvalue weighted by Crippen LogP contribution is 2.42. The van der Waals surface area contributed by atoms with Gasteiger partial charge in [-0.1, -0.05) is 11.3 Å². The zero-order chi connectivity index (χ0) is 17.4. The van der Waals surface area contributed by atoms with Crippen LogP contribution in [0.2, 0.25) is 0 Å². The standard InChI is InChI=1S/C16H16IN3O3S/c1-3-19(4-2)16-18-11-9(15(22)23)13(21)10(17)12(14(11)24-16)20-7-5-6-8-20/h5-8,21H,3-4H2,1-2H3,(H,22,23). The number of fused-ring (bicyclic) bond motifs is 1. The molecule has 0 aliphatic heterocycles. The number of thiazole rings is 1. The van der Waals surface area contributed by atoms with Gasteiger partial charge >= 0.3 is 5.97 Å². The first-order chi connectivity index (χ1) is 11.5. The van der Waals surface area contributed by atoms with Crippen LogP contribution in [-0.4, -0.2) is 38.8 Å². The number of nitrogens with zero attached hydrogens (tertiary/aromatic N) is 3. The van der Waals surface area contributed by atoms with Crippen LogP contribution in [0.1, 0.15) is 24.2 Å². The zero-order valence-electron chi connectivity index (χ0n) is 13.2. The molecule has 0 bridgehead atoms. The number of carbonyl (C=O) groups is 1. The van der Waals surface area contributed by atoms with Crippen LogP contribution in [0.5, 0.6) is 5.75 Å². The number of aromatic carboxylic acids is 1. The highest BCUT2D eigenvalue weighted by molar-refractivity contribution is 14.1. The number of benzene rings is 1. The van der Waals surface area contributed by atoms with Gasteiger partial charge in [0.15, 0.2) is 5.13 Å². The third-order valence-electron chi connectivity index (χ3n) is 3.83. The molecule has 0 fully saturated rings. The molecular weight excluding hydrogens is 441 g/mol. The van der Waals surface area contributed by atoms with Crippen molar-refractivity contribution in [2.45, 2.75) is 13.8 Å². The molecule has 0 saturated heterocycles. The number of anilines is 1. The van der Waals surface area contributed by atoms with E-state index in [0.717, 1.165) is 28.6 Å². The monoisotopic (exact) mass is 457 g/mol. The average Bonchev–Trinajstić information content (AvgIpc) is 3.19. The van der Waals surface area contributed by atoms with Crippen molar-refractivity contribution in [3.8, 4) is 11.4 Å². The molecule has 0 spiro atoms. The van der Waals surface area contributed by atoms with Crippen LogP contribution in [0.25, 0.3) is 15.9 Å². The number of rotatable bonds is 5. The molecule has 3 aromatic rings. The molecule has 6 nitrogen and oxygen atoms in total. The molecule has 0 atom stereocenters. The van der Waals surface area contributed by atoms with E-state index in [-0.39, 0.29) is 11.3 Å². The minimum atomic E-state index is -1.18. The number of hydrogen-bond acceptors (Lipinski definition) is 5. The number of aromatic hydroxyl groups is 1. The van der Waals surface area contributed by atoms with E-state index in [2.05, 4.69) is 9.88 Å². The van der Waals surface area contributed by atoms with Crippen LogP contribution in [0.15, 0.2) is 24.5 Å². The second kappa shape index (κ2) is 6.60. The van der Waals surface area contributed by atoms with E-state index in [1.807, 2.05) is 65.5 Å². The van der Waals surface area contributed by atoms with E-state index in [0.29, 0.717) is 9.09 Å². The van der Waals surface area contributed by atoms with Gasteiger partial charge in [0.25, 0.3) is 0 Å². The van der Waals surface area contributed by atoms with Crippen molar-refractivity contribution in [2.75, 3.05) is 18.0 Å². The fourth-order valence-electron chi connectivity index (χ4n) is 2.62. The Balaban J connectivity index is 2.41. The predicted molar refractivity (Wildman–Crippen MR) is 104 cm³/mol. The maximum absolute atomic E-state index is 11.7. The normalized spacial score (nSPS) is 11.1. The summed E-state index contributed by atoms with van der Waals surface area (Å²) in [6.07, 6.45) is 3.74. The molecule has 0 radical (unpaired) electrons. The first kappa shape index (κ1) is 17.0. The van der Waals surface area contributed by atoms with Crippen molar-refractivity contribution in [1.82, 2.24) is 9.55 Å². The molecule has 2 heterocycles. The SMILES string of the molecule is CCN(CC)c1nc2c(C(=O)O)c(O)c(I)c(-n3cccc3)c2s1. The van der Waals surface area contributed by atoms with Crippen LogP contribution >= 0.6 is 33.9 Å². The smallest absolute Gasteiger partial charge is 0.341 e. The van der Waals surface area contributed by atoms with Gasteiger partial charge in [0.05, 0.1) is 14.0 Å². The minimum Gasteiger partial charge on any atom is -0.506 e. The van der Waals surface area contributed by atoms with Gasteiger partial charge in [0.1, 0.15) is 16.8 Å². The summed E-state index contributed by atoms with van der Waals surface area (Å²) in [5.41, 5.74) is 0.949. The third-order valence-corrected chi connectivity index (χ3v) is 5.98. The van der Waals surface area contributed by atoms with Crippen LogP contribution in [0.4, 0.5) is 5.13 Å². The fraction of sp³-hybridized carbons (Fsp3) is 0.250. The number of aromatic nitrogens is 2. The van der Waals surface area contributed by atoms with Gasteiger partial charge in [-0.2, -0.15) is 0 Å². The molecular formula is C16H16IN3O3S. The minimum absolute atomic E-state index is 0.139. The molecule has 3 rings (SSSR count). The largest absolute Gasteiger partial charge is 0.506 e. The summed E-state index contributed by atoms with van der Waals surface area (Å²) in [4.78, 5) is 18.3. The first-order valence-corrected chi connectivity index (χ1v) is 9.35. The predicted octanol–water partition coefficient (Wildman–Crippen LogP) is 3.94. The van der Waals surface area contributed by atoms with Crippen molar-refractivity contribution in [3.05, 3.63) is 33.7 Å². The Morgan fingerprint density at radius 2 is 1.96 bits per heavy atom. The second-order valence-corrected chi connectivity index (χ2v) is 7.18. The summed E-state index contributed by atoms with van der Waals surface area (Å²) in [7, 11) is 0. The van der Waals surface area contributed by atoms with Crippen molar-refractivity contribution in [3.63, 3.8) is 0 Å². The molecule has 0 saturated carbocycles. The van der Waals surface area contributed by atoms with Crippen LogP contribution in [-0.2, 0) is 0 Å². The van der Waals surface area contributed by atoms with Crippen molar-refractivity contribution >= 4 is 55.2 Å². The Hall–Kier alpha value is -1.81. The lowest BCUT2D eigenvalue weighted by Gasteiger charge is -2.16. The van der Waals surface area contributed by atoms with E-state index in [1.165, 1.54) is 11.3 Å². The number of halogens is 1. The van der Waals surface area contributed by atoms with Gasteiger partial charge < -0.3 is 19.7 Å². The number of carboxylic acid groups (broad SMARTS) is 1. The van der Waals surface area contributed by atoms with E-state index in [4.69, 9.17) is 0 Å². The fourth-order valence-corrected chi connectivity index (χ4v) is 4.87. The molecule has 0 amide bonds. The summed E-state index contributed by atoms with van der Waals surface area (Å²) in [6, 6.07) is 3.77. The van der Waals surface area contributed by atoms with Crippen molar-refractivity contribution in [1.29, 1.82) is 0 Å². The quantitative estimate of drug-likeness (QED) is 0.568. The number of carboxylic acids is 1. The second-order valence-electron chi connectivity index (χ2n) is 5.13. The molecule has 0 aliphatic carbocycles. The maximum atomic E-state index is 11.7. The van der Waals surface area contributed by atoms with Crippen LogP contribution in [0, 0.1) is 3.57 Å². The molecule has 2 aromatic heterocycles. The van der Waals surface area contributed by atoms with Gasteiger partial charge in [-0.25, -0.2) is 9.78 Å². The van der Waals surface area contributed by atoms with Gasteiger partial charge in [0.2, 0.25) is 0 Å². The van der Waals surface area contributed by atoms with E-state index in [9.17, 15) is 15.0 Å². The average molecular weight is 457 g/mol. The van der Waals surface area contributed by atoms with E-state index >= 15 is 0 Å². The molecule has 0 aliphatic rings. The Bertz CT molecular complexity index is 901. The Kier molecular flexibility index (Phi) is 4.68. The van der Waals surface area contributed by atoms with E-state index < -0.39 is 5.97 Å². The molecule has 0 unspecified atom stereocenters. The lowest BCUT2D eigenvalue weighted by molar-refractivity contribution is 0.0695. The summed E-state index contributed by atoms with van der Waals surface area (Å²) in [5.74, 6) is -1.42. The Morgan fingerprint density at radius 1 is 1.33 bits per heavy atom. The third kappa shape index (κ3) is 2.63. The zero-order valence-corrected chi connectivity index (χ0v) is 16.1. The summed E-state index contributed by atoms with van der Waals surface area (Å²) in [5, 5.41) is 20.8. The molecule has 8 heteroatoms. The lowest BCUT2D eigenvalue weighted by atomic mass is 10.1. The van der Waals surface area contributed by atoms with Gasteiger partial charge in [0, 0.05) is 25.5 Å². The molecule has 126 valence electrons. The highest BCUT2D eigenvalue weighted by Gasteiger charge is 2.26. The highest BCUT2D eigenvalue weighted by atomic mass is 127. The van der Waals surface area contributed by atoms with Crippen LogP contribution in [0.3, 0.4) is 0 Å². The Labute approximate surface area is 156 Å². The number of hydrogen-bond donors (Lipinski definition) is 2. The van der Waals surface area contributed by atoms with Crippen molar-refractivity contribution < 1.29 is 15.0 Å². The Morgan fingerprint density at radius 3 is 2.50 bits per heavy atom. The summed E-state index contributed by atoms with van der Waals surface area (Å²) < 4.78 is 3.13.